The van der Waals surface area contributed by atoms with Gasteiger partial charge in [-0.15, -0.1) is 24.0 Å². The van der Waals surface area contributed by atoms with E-state index in [1.54, 1.807) is 0 Å². The molecule has 0 spiro atoms. The van der Waals surface area contributed by atoms with Crippen LogP contribution in [0, 0.1) is 13.8 Å². The molecule has 0 aliphatic heterocycles. The number of nitrogens with zero attached hydrogens (tertiary/aromatic N) is 3. The number of aryl methyl sites for hydroxylation is 4. The molecule has 1 aliphatic carbocycles. The van der Waals surface area contributed by atoms with Gasteiger partial charge in [0.25, 0.3) is 0 Å². The summed E-state index contributed by atoms with van der Waals surface area (Å²) in [6.07, 6.45) is 5.77. The molecule has 2 aromatic rings. The van der Waals surface area contributed by atoms with Crippen molar-refractivity contribution in [3.05, 3.63) is 46.8 Å². The summed E-state index contributed by atoms with van der Waals surface area (Å²) in [5.74, 6) is 0.502. The summed E-state index contributed by atoms with van der Waals surface area (Å²) in [7, 11) is 0. The molecule has 25 heavy (non-hydrogen) atoms. The summed E-state index contributed by atoms with van der Waals surface area (Å²) in [4.78, 5) is 4.46. The number of hydrogen-bond donors (Lipinski definition) is 2. The van der Waals surface area contributed by atoms with Gasteiger partial charge in [-0.05, 0) is 69.2 Å². The van der Waals surface area contributed by atoms with Crippen molar-refractivity contribution in [1.29, 1.82) is 0 Å². The minimum absolute atomic E-state index is 0. The van der Waals surface area contributed by atoms with E-state index in [0.717, 1.165) is 30.8 Å². The van der Waals surface area contributed by atoms with Crippen molar-refractivity contribution >= 4 is 35.6 Å². The van der Waals surface area contributed by atoms with Crippen molar-refractivity contribution in [2.24, 2.45) is 10.7 Å². The van der Waals surface area contributed by atoms with Crippen molar-refractivity contribution in [3.63, 3.8) is 0 Å². The van der Waals surface area contributed by atoms with Crippen LogP contribution in [0.5, 0.6) is 0 Å². The third-order valence-electron chi connectivity index (χ3n) is 4.57. The molecule has 1 aromatic carbocycles. The van der Waals surface area contributed by atoms with Crippen LogP contribution in [0.25, 0.3) is 0 Å². The van der Waals surface area contributed by atoms with E-state index in [-0.39, 0.29) is 24.0 Å². The van der Waals surface area contributed by atoms with E-state index < -0.39 is 0 Å². The first kappa shape index (κ1) is 19.8. The molecule has 6 heteroatoms. The molecular formula is C19H28IN5. The molecule has 5 nitrogen and oxygen atoms in total. The highest BCUT2D eigenvalue weighted by Gasteiger charge is 2.13. The van der Waals surface area contributed by atoms with Gasteiger partial charge in [0.15, 0.2) is 5.96 Å². The number of rotatable bonds is 5. The van der Waals surface area contributed by atoms with E-state index in [4.69, 9.17) is 5.73 Å². The molecule has 0 saturated carbocycles. The van der Waals surface area contributed by atoms with Gasteiger partial charge in [0.2, 0.25) is 0 Å². The number of benzene rings is 1. The van der Waals surface area contributed by atoms with Crippen molar-refractivity contribution in [2.75, 3.05) is 11.9 Å². The lowest BCUT2D eigenvalue weighted by molar-refractivity contribution is 0.568. The fraction of sp³-hybridized carbons (Fsp3) is 0.474. The Hall–Kier alpha value is -1.57. The third kappa shape index (κ3) is 5.20. The zero-order chi connectivity index (χ0) is 16.9. The van der Waals surface area contributed by atoms with Gasteiger partial charge in [0.1, 0.15) is 0 Å². The maximum atomic E-state index is 6.07. The van der Waals surface area contributed by atoms with E-state index in [9.17, 15) is 0 Å². The van der Waals surface area contributed by atoms with Crippen LogP contribution in [0.1, 0.15) is 41.8 Å². The van der Waals surface area contributed by atoms with Crippen molar-refractivity contribution < 1.29 is 0 Å². The van der Waals surface area contributed by atoms with E-state index in [1.807, 2.05) is 11.6 Å². The highest BCUT2D eigenvalue weighted by atomic mass is 127. The first-order chi connectivity index (χ1) is 11.6. The molecule has 3 N–H and O–H groups in total. The van der Waals surface area contributed by atoms with Crippen LogP contribution in [0.4, 0.5) is 5.69 Å². The molecule has 1 heterocycles. The van der Waals surface area contributed by atoms with Gasteiger partial charge >= 0.3 is 0 Å². The van der Waals surface area contributed by atoms with Gasteiger partial charge in [0.05, 0.1) is 5.69 Å². The number of aromatic nitrogens is 2. The molecule has 0 unspecified atom stereocenters. The fourth-order valence-corrected chi connectivity index (χ4v) is 3.40. The molecule has 1 aromatic heterocycles. The predicted octanol–water partition coefficient (Wildman–Crippen LogP) is 3.81. The average molecular weight is 453 g/mol. The van der Waals surface area contributed by atoms with E-state index in [1.165, 1.54) is 36.1 Å². The van der Waals surface area contributed by atoms with E-state index >= 15 is 0 Å². The van der Waals surface area contributed by atoms with Gasteiger partial charge in [-0.25, -0.2) is 0 Å². The first-order valence-electron chi connectivity index (χ1n) is 8.82. The maximum Gasteiger partial charge on any atom is 0.193 e. The largest absolute Gasteiger partial charge is 0.370 e. The second kappa shape index (κ2) is 9.22. The standard InChI is InChI=1S/C19H27N5.HI/c1-14-13-15(2)24(23-14)12-6-11-21-19(20)22-18-10-5-8-16-7-3-4-9-17(16)18;/h5,8,10,13H,3-4,6-7,9,11-12H2,1-2H3,(H3,20,21,22);1H. The average Bonchev–Trinajstić information content (AvgIpc) is 2.89. The van der Waals surface area contributed by atoms with Gasteiger partial charge in [-0.3, -0.25) is 9.67 Å². The summed E-state index contributed by atoms with van der Waals surface area (Å²) in [5.41, 5.74) is 12.3. The normalized spacial score (nSPS) is 13.9. The Balaban J connectivity index is 0.00000225. The lowest BCUT2D eigenvalue weighted by Gasteiger charge is -2.19. The van der Waals surface area contributed by atoms with Crippen LogP contribution >= 0.6 is 24.0 Å². The Morgan fingerprint density at radius 3 is 2.84 bits per heavy atom. The van der Waals surface area contributed by atoms with Crippen LogP contribution in [0.15, 0.2) is 29.3 Å². The minimum atomic E-state index is 0. The Morgan fingerprint density at radius 1 is 1.28 bits per heavy atom. The van der Waals surface area contributed by atoms with E-state index in [0.29, 0.717) is 12.5 Å². The highest BCUT2D eigenvalue weighted by molar-refractivity contribution is 14.0. The van der Waals surface area contributed by atoms with Crippen molar-refractivity contribution in [3.8, 4) is 0 Å². The molecule has 136 valence electrons. The number of guanidine groups is 1. The quantitative estimate of drug-likeness (QED) is 0.313. The summed E-state index contributed by atoms with van der Waals surface area (Å²) < 4.78 is 2.03. The van der Waals surface area contributed by atoms with Crippen LogP contribution in [-0.2, 0) is 19.4 Å². The van der Waals surface area contributed by atoms with Gasteiger partial charge in [-0.2, -0.15) is 5.10 Å². The second-order valence-corrected chi connectivity index (χ2v) is 6.55. The Bertz CT molecular complexity index is 735. The second-order valence-electron chi connectivity index (χ2n) is 6.55. The lowest BCUT2D eigenvalue weighted by Crippen LogP contribution is -2.24. The van der Waals surface area contributed by atoms with Crippen LogP contribution < -0.4 is 11.1 Å². The topological polar surface area (TPSA) is 68.2 Å². The fourth-order valence-electron chi connectivity index (χ4n) is 3.40. The molecule has 0 fully saturated rings. The Labute approximate surface area is 167 Å². The summed E-state index contributed by atoms with van der Waals surface area (Å²) >= 11 is 0. The molecule has 3 rings (SSSR count). The zero-order valence-electron chi connectivity index (χ0n) is 15.1. The summed E-state index contributed by atoms with van der Waals surface area (Å²) in [6.45, 7) is 5.67. The number of halogens is 1. The molecule has 0 amide bonds. The van der Waals surface area contributed by atoms with Crippen LogP contribution in [0.2, 0.25) is 0 Å². The monoisotopic (exact) mass is 453 g/mol. The maximum absolute atomic E-state index is 6.07. The number of nitrogens with one attached hydrogen (secondary N) is 1. The molecule has 0 atom stereocenters. The third-order valence-corrected chi connectivity index (χ3v) is 4.57. The number of hydrogen-bond acceptors (Lipinski definition) is 2. The molecule has 0 bridgehead atoms. The van der Waals surface area contributed by atoms with Crippen molar-refractivity contribution in [2.45, 2.75) is 52.5 Å². The molecule has 0 radical (unpaired) electrons. The first-order valence-corrected chi connectivity index (χ1v) is 8.82. The van der Waals surface area contributed by atoms with Gasteiger partial charge < -0.3 is 11.1 Å². The Kier molecular flexibility index (Phi) is 7.28. The Morgan fingerprint density at radius 2 is 2.08 bits per heavy atom. The number of anilines is 1. The van der Waals surface area contributed by atoms with Gasteiger partial charge in [0, 0.05) is 24.5 Å². The molecule has 1 aliphatic rings. The summed E-state index contributed by atoms with van der Waals surface area (Å²) in [6, 6.07) is 8.52. The van der Waals surface area contributed by atoms with Gasteiger partial charge in [-0.1, -0.05) is 12.1 Å². The van der Waals surface area contributed by atoms with Crippen molar-refractivity contribution in [1.82, 2.24) is 9.78 Å². The minimum Gasteiger partial charge on any atom is -0.370 e. The smallest absolute Gasteiger partial charge is 0.193 e. The van der Waals surface area contributed by atoms with Crippen LogP contribution in [-0.4, -0.2) is 22.3 Å². The summed E-state index contributed by atoms with van der Waals surface area (Å²) in [5, 5.41) is 7.75. The molecule has 0 saturated heterocycles. The number of nitrogens with two attached hydrogens (primary N) is 1. The number of aliphatic imine (C=N–C) groups is 1. The number of fused-ring (bicyclic) bond motifs is 1. The zero-order valence-corrected chi connectivity index (χ0v) is 17.4. The van der Waals surface area contributed by atoms with E-state index in [2.05, 4.69) is 46.6 Å². The van der Waals surface area contributed by atoms with Crippen LogP contribution in [0.3, 0.4) is 0 Å². The lowest BCUT2D eigenvalue weighted by atomic mass is 9.90. The SMILES string of the molecule is Cc1cc(C)n(CCCN=C(N)Nc2cccc3c2CCCC3)n1.I. The molecular weight excluding hydrogens is 425 g/mol. The predicted molar refractivity (Wildman–Crippen MR) is 115 cm³/mol. The highest BCUT2D eigenvalue weighted by Crippen LogP contribution is 2.27.